The van der Waals surface area contributed by atoms with Crippen molar-refractivity contribution in [1.29, 1.82) is 0 Å². The van der Waals surface area contributed by atoms with Gasteiger partial charge in [0.25, 0.3) is 0 Å². The van der Waals surface area contributed by atoms with Crippen LogP contribution in [0.5, 0.6) is 0 Å². The van der Waals surface area contributed by atoms with Crippen molar-refractivity contribution in [2.75, 3.05) is 5.32 Å². The Morgan fingerprint density at radius 1 is 1.12 bits per heavy atom. The molecule has 1 amide bonds. The molecular weight excluding hydrogens is 347 g/mol. The minimum Gasteiger partial charge on any atom is -0.326 e. The van der Waals surface area contributed by atoms with Gasteiger partial charge in [-0.25, -0.2) is 4.68 Å². The van der Waals surface area contributed by atoms with Crippen LogP contribution in [0.25, 0.3) is 5.69 Å². The van der Waals surface area contributed by atoms with Crippen molar-refractivity contribution in [3.63, 3.8) is 0 Å². The molecule has 6 nitrogen and oxygen atoms in total. The third-order valence-electron chi connectivity index (χ3n) is 3.70. The number of alkyl halides is 3. The minimum atomic E-state index is -4.60. The zero-order valence-electron chi connectivity index (χ0n) is 13.6. The fourth-order valence-electron chi connectivity index (χ4n) is 2.49. The van der Waals surface area contributed by atoms with Gasteiger partial charge in [-0.05, 0) is 36.8 Å². The Labute approximate surface area is 147 Å². The molecule has 3 rings (SSSR count). The van der Waals surface area contributed by atoms with Crippen molar-refractivity contribution in [3.05, 3.63) is 60.7 Å². The molecule has 136 valence electrons. The Balaban J connectivity index is 1.70. The van der Waals surface area contributed by atoms with Gasteiger partial charge in [0.05, 0.1) is 16.9 Å². The van der Waals surface area contributed by atoms with E-state index in [2.05, 4.69) is 15.5 Å². The highest BCUT2D eigenvalue weighted by molar-refractivity contribution is 5.91. The van der Waals surface area contributed by atoms with E-state index < -0.39 is 17.6 Å². The molecule has 0 saturated carbocycles. The molecule has 2 heterocycles. The number of aromatic nitrogens is 4. The van der Waals surface area contributed by atoms with Gasteiger partial charge in [0.15, 0.2) is 0 Å². The highest BCUT2D eigenvalue weighted by Crippen LogP contribution is 2.36. The molecule has 1 N–H and O–H groups in total. The molecule has 0 radical (unpaired) electrons. The summed E-state index contributed by atoms with van der Waals surface area (Å²) >= 11 is 0. The van der Waals surface area contributed by atoms with Crippen LogP contribution in [-0.2, 0) is 17.5 Å². The number of hydrogen-bond acceptors (Lipinski definition) is 3. The molecule has 0 bridgehead atoms. The first kappa shape index (κ1) is 17.7. The number of amides is 1. The number of nitrogens with zero attached hydrogens (tertiary/aromatic N) is 4. The number of anilines is 1. The topological polar surface area (TPSA) is 64.7 Å². The summed E-state index contributed by atoms with van der Waals surface area (Å²) in [6.45, 7) is 0.519. The SMILES string of the molecule is O=C(CCCn1cccn1)Nc1ccc(-n2cccn2)cc1C(F)(F)F. The third-order valence-corrected chi connectivity index (χ3v) is 3.70. The Morgan fingerprint density at radius 3 is 2.54 bits per heavy atom. The van der Waals surface area contributed by atoms with E-state index in [1.807, 2.05) is 0 Å². The summed E-state index contributed by atoms with van der Waals surface area (Å²) in [5, 5.41) is 10.3. The maximum atomic E-state index is 13.4. The molecule has 26 heavy (non-hydrogen) atoms. The second-order valence-corrected chi connectivity index (χ2v) is 5.60. The first-order valence-corrected chi connectivity index (χ1v) is 7.92. The van der Waals surface area contributed by atoms with Crippen molar-refractivity contribution >= 4 is 11.6 Å². The molecule has 3 aromatic rings. The quantitative estimate of drug-likeness (QED) is 0.729. The Kier molecular flexibility index (Phi) is 5.06. The summed E-state index contributed by atoms with van der Waals surface area (Å²) in [6.07, 6.45) is 2.37. The second kappa shape index (κ2) is 7.42. The molecule has 1 aromatic carbocycles. The molecule has 0 aliphatic carbocycles. The number of aryl methyl sites for hydroxylation is 1. The van der Waals surface area contributed by atoms with Crippen LogP contribution in [0.4, 0.5) is 18.9 Å². The van der Waals surface area contributed by atoms with Gasteiger partial charge in [0, 0.05) is 37.8 Å². The Bertz CT molecular complexity index is 857. The van der Waals surface area contributed by atoms with E-state index in [9.17, 15) is 18.0 Å². The summed E-state index contributed by atoms with van der Waals surface area (Å²) in [5.41, 5.74) is -0.914. The van der Waals surface area contributed by atoms with Crippen molar-refractivity contribution in [2.45, 2.75) is 25.6 Å². The highest BCUT2D eigenvalue weighted by atomic mass is 19.4. The molecule has 0 aliphatic rings. The van der Waals surface area contributed by atoms with Gasteiger partial charge in [-0.1, -0.05) is 0 Å². The number of rotatable bonds is 6. The summed E-state index contributed by atoms with van der Waals surface area (Å²) in [4.78, 5) is 12.0. The largest absolute Gasteiger partial charge is 0.418 e. The monoisotopic (exact) mass is 363 g/mol. The van der Waals surface area contributed by atoms with Gasteiger partial charge in [-0.15, -0.1) is 0 Å². The Hall–Kier alpha value is -3.10. The number of carbonyl (C=O) groups excluding carboxylic acids is 1. The predicted molar refractivity (Wildman–Crippen MR) is 88.7 cm³/mol. The fourth-order valence-corrected chi connectivity index (χ4v) is 2.49. The van der Waals surface area contributed by atoms with E-state index >= 15 is 0 Å². The van der Waals surface area contributed by atoms with Crippen molar-refractivity contribution in [1.82, 2.24) is 19.6 Å². The van der Waals surface area contributed by atoms with E-state index in [1.165, 1.54) is 23.0 Å². The molecular formula is C17H16F3N5O. The van der Waals surface area contributed by atoms with E-state index in [0.717, 1.165) is 6.07 Å². The summed E-state index contributed by atoms with van der Waals surface area (Å²) < 4.78 is 43.1. The number of hydrogen-bond donors (Lipinski definition) is 1. The van der Waals surface area contributed by atoms with Crippen LogP contribution in [0, 0.1) is 0 Å². The zero-order chi connectivity index (χ0) is 18.6. The lowest BCUT2D eigenvalue weighted by Gasteiger charge is -2.15. The van der Waals surface area contributed by atoms with Crippen LogP contribution in [0.2, 0.25) is 0 Å². The fraction of sp³-hybridized carbons (Fsp3) is 0.235. The molecule has 0 atom stereocenters. The zero-order valence-corrected chi connectivity index (χ0v) is 13.6. The van der Waals surface area contributed by atoms with Crippen LogP contribution >= 0.6 is 0 Å². The van der Waals surface area contributed by atoms with Gasteiger partial charge < -0.3 is 5.32 Å². The summed E-state index contributed by atoms with van der Waals surface area (Å²) in [5.74, 6) is -0.477. The number of nitrogens with one attached hydrogen (secondary N) is 1. The average Bonchev–Trinajstić information content (AvgIpc) is 3.28. The summed E-state index contributed by atoms with van der Waals surface area (Å²) in [6, 6.07) is 7.05. The molecule has 0 aliphatic heterocycles. The van der Waals surface area contributed by atoms with E-state index in [-0.39, 0.29) is 17.8 Å². The van der Waals surface area contributed by atoms with Crippen molar-refractivity contribution < 1.29 is 18.0 Å². The number of benzene rings is 1. The Morgan fingerprint density at radius 2 is 1.88 bits per heavy atom. The lowest BCUT2D eigenvalue weighted by atomic mass is 10.1. The van der Waals surface area contributed by atoms with Crippen LogP contribution in [0.1, 0.15) is 18.4 Å². The van der Waals surface area contributed by atoms with E-state index in [1.54, 1.807) is 35.4 Å². The van der Waals surface area contributed by atoms with Crippen molar-refractivity contribution in [2.24, 2.45) is 0 Å². The maximum Gasteiger partial charge on any atom is 0.418 e. The highest BCUT2D eigenvalue weighted by Gasteiger charge is 2.34. The predicted octanol–water partition coefficient (Wildman–Crippen LogP) is 3.51. The van der Waals surface area contributed by atoms with Crippen LogP contribution in [-0.4, -0.2) is 25.5 Å². The molecule has 9 heteroatoms. The average molecular weight is 363 g/mol. The molecule has 0 fully saturated rings. The molecule has 0 saturated heterocycles. The smallest absolute Gasteiger partial charge is 0.326 e. The first-order valence-electron chi connectivity index (χ1n) is 7.92. The third kappa shape index (κ3) is 4.29. The minimum absolute atomic E-state index is 0.0953. The van der Waals surface area contributed by atoms with Crippen molar-refractivity contribution in [3.8, 4) is 5.69 Å². The van der Waals surface area contributed by atoms with Gasteiger partial charge in [-0.2, -0.15) is 23.4 Å². The lowest BCUT2D eigenvalue weighted by Crippen LogP contribution is -2.17. The first-order chi connectivity index (χ1) is 12.4. The van der Waals surface area contributed by atoms with Crippen LogP contribution in [0.3, 0.4) is 0 Å². The van der Waals surface area contributed by atoms with Gasteiger partial charge in [0.1, 0.15) is 0 Å². The standard InChI is InChI=1S/C17H16F3N5O/c18-17(19,20)14-12-13(25-11-3-8-22-25)5-6-15(14)23-16(26)4-1-9-24-10-2-7-21-24/h2-3,5-8,10-12H,1,4,9H2,(H,23,26). The van der Waals surface area contributed by atoms with Gasteiger partial charge in [0.2, 0.25) is 5.91 Å². The van der Waals surface area contributed by atoms with E-state index in [4.69, 9.17) is 0 Å². The second-order valence-electron chi connectivity index (χ2n) is 5.60. The van der Waals surface area contributed by atoms with Crippen LogP contribution < -0.4 is 5.32 Å². The number of halogens is 3. The van der Waals surface area contributed by atoms with Crippen LogP contribution in [0.15, 0.2) is 55.1 Å². The van der Waals surface area contributed by atoms with Gasteiger partial charge in [-0.3, -0.25) is 9.48 Å². The maximum absolute atomic E-state index is 13.4. The molecule has 0 spiro atoms. The number of carbonyl (C=O) groups is 1. The molecule has 2 aromatic heterocycles. The normalized spacial score (nSPS) is 11.5. The lowest BCUT2D eigenvalue weighted by molar-refractivity contribution is -0.137. The van der Waals surface area contributed by atoms with Gasteiger partial charge >= 0.3 is 6.18 Å². The van der Waals surface area contributed by atoms with E-state index in [0.29, 0.717) is 13.0 Å². The molecule has 0 unspecified atom stereocenters. The summed E-state index contributed by atoms with van der Waals surface area (Å²) in [7, 11) is 0.